The third-order valence-corrected chi connectivity index (χ3v) is 5.27. The number of hydrogen-bond donors (Lipinski definition) is 0. The van der Waals surface area contributed by atoms with Gasteiger partial charge in [-0.05, 0) is 30.5 Å². The Labute approximate surface area is 141 Å². The van der Waals surface area contributed by atoms with Gasteiger partial charge in [0.2, 0.25) is 5.89 Å². The Morgan fingerprint density at radius 1 is 1.04 bits per heavy atom. The molecule has 0 bridgehead atoms. The molecular formula is C17H13N3OS2. The number of hydrogen-bond acceptors (Lipinski definition) is 6. The second-order valence-electron chi connectivity index (χ2n) is 5.03. The maximum atomic E-state index is 5.79. The van der Waals surface area contributed by atoms with E-state index in [1.54, 1.807) is 23.1 Å². The van der Waals surface area contributed by atoms with E-state index in [0.717, 1.165) is 20.8 Å². The second-order valence-corrected chi connectivity index (χ2v) is 7.33. The lowest BCUT2D eigenvalue weighted by atomic mass is 10.2. The van der Waals surface area contributed by atoms with E-state index in [4.69, 9.17) is 4.42 Å². The van der Waals surface area contributed by atoms with Gasteiger partial charge < -0.3 is 4.42 Å². The molecule has 3 aromatic heterocycles. The van der Waals surface area contributed by atoms with Gasteiger partial charge in [-0.3, -0.25) is 0 Å². The van der Waals surface area contributed by atoms with Gasteiger partial charge in [-0.15, -0.1) is 21.5 Å². The van der Waals surface area contributed by atoms with Gasteiger partial charge in [0.25, 0.3) is 5.89 Å². The van der Waals surface area contributed by atoms with Crippen molar-refractivity contribution in [1.82, 2.24) is 15.2 Å². The summed E-state index contributed by atoms with van der Waals surface area (Å²) in [5.41, 5.74) is 0.995. The molecule has 114 valence electrons. The van der Waals surface area contributed by atoms with Crippen LogP contribution in [0.25, 0.3) is 21.7 Å². The van der Waals surface area contributed by atoms with Crippen LogP contribution in [0.2, 0.25) is 0 Å². The number of benzene rings is 1. The highest BCUT2D eigenvalue weighted by Crippen LogP contribution is 2.35. The lowest BCUT2D eigenvalue weighted by Gasteiger charge is -2.06. The van der Waals surface area contributed by atoms with E-state index in [0.29, 0.717) is 11.8 Å². The summed E-state index contributed by atoms with van der Waals surface area (Å²) in [6.45, 7) is 2.05. The lowest BCUT2D eigenvalue weighted by Crippen LogP contribution is -1.90. The van der Waals surface area contributed by atoms with Crippen molar-refractivity contribution in [3.63, 3.8) is 0 Å². The number of thiophene rings is 1. The molecule has 0 radical (unpaired) electrons. The van der Waals surface area contributed by atoms with Crippen LogP contribution >= 0.6 is 23.1 Å². The lowest BCUT2D eigenvalue weighted by molar-refractivity contribution is 0.510. The Bertz CT molecular complexity index is 934. The van der Waals surface area contributed by atoms with Crippen molar-refractivity contribution >= 4 is 34.0 Å². The molecule has 1 unspecified atom stereocenters. The average molecular weight is 339 g/mol. The van der Waals surface area contributed by atoms with Gasteiger partial charge in [-0.25, -0.2) is 4.98 Å². The summed E-state index contributed by atoms with van der Waals surface area (Å²) in [5, 5.41) is 12.4. The summed E-state index contributed by atoms with van der Waals surface area (Å²) in [5.74, 6) is 1.20. The number of thioether (sulfide) groups is 1. The van der Waals surface area contributed by atoms with Crippen molar-refractivity contribution in [1.29, 1.82) is 0 Å². The van der Waals surface area contributed by atoms with E-state index in [-0.39, 0.29) is 5.25 Å². The zero-order valence-corrected chi connectivity index (χ0v) is 14.0. The molecule has 0 spiro atoms. The van der Waals surface area contributed by atoms with Crippen LogP contribution in [0.3, 0.4) is 0 Å². The first-order valence-corrected chi connectivity index (χ1v) is 8.95. The van der Waals surface area contributed by atoms with Crippen LogP contribution in [0, 0.1) is 0 Å². The normalized spacial score (nSPS) is 12.6. The maximum absolute atomic E-state index is 5.79. The van der Waals surface area contributed by atoms with Crippen LogP contribution < -0.4 is 0 Å². The molecule has 23 heavy (non-hydrogen) atoms. The summed E-state index contributed by atoms with van der Waals surface area (Å²) in [4.78, 5) is 5.66. The molecule has 0 saturated carbocycles. The first-order chi connectivity index (χ1) is 11.3. The highest BCUT2D eigenvalue weighted by Gasteiger charge is 2.17. The molecule has 0 N–H and O–H groups in total. The fourth-order valence-corrected chi connectivity index (χ4v) is 3.74. The Hall–Kier alpha value is -2.18. The standard InChI is InChI=1S/C17H13N3OS2/c1-11(16-19-20-17(21-16)14-7-4-10-22-14)23-15-9-8-12-5-2-3-6-13(12)18-15/h2-11H,1H3. The van der Waals surface area contributed by atoms with Crippen molar-refractivity contribution in [2.24, 2.45) is 0 Å². The molecule has 4 rings (SSSR count). The molecule has 1 aromatic carbocycles. The zero-order valence-electron chi connectivity index (χ0n) is 12.3. The van der Waals surface area contributed by atoms with E-state index < -0.39 is 0 Å². The molecule has 1 atom stereocenters. The predicted molar refractivity (Wildman–Crippen MR) is 93.6 cm³/mol. The van der Waals surface area contributed by atoms with Crippen molar-refractivity contribution in [2.75, 3.05) is 0 Å². The minimum absolute atomic E-state index is 0.0462. The number of rotatable bonds is 4. The molecule has 3 heterocycles. The molecular weight excluding hydrogens is 326 g/mol. The van der Waals surface area contributed by atoms with Crippen LogP contribution in [0.1, 0.15) is 18.1 Å². The Balaban J connectivity index is 1.55. The Kier molecular flexibility index (Phi) is 3.85. The molecule has 4 nitrogen and oxygen atoms in total. The summed E-state index contributed by atoms with van der Waals surface area (Å²) >= 11 is 3.21. The van der Waals surface area contributed by atoms with Crippen LogP contribution in [0.15, 0.2) is 63.4 Å². The molecule has 0 fully saturated rings. The van der Waals surface area contributed by atoms with Crippen molar-refractivity contribution < 1.29 is 4.42 Å². The fraction of sp³-hybridized carbons (Fsp3) is 0.118. The summed E-state index contributed by atoms with van der Waals surface area (Å²) in [6.07, 6.45) is 0. The van der Waals surface area contributed by atoms with Crippen LogP contribution in [-0.4, -0.2) is 15.2 Å². The Morgan fingerprint density at radius 2 is 1.96 bits per heavy atom. The van der Waals surface area contributed by atoms with Gasteiger partial charge >= 0.3 is 0 Å². The number of nitrogens with zero attached hydrogens (tertiary/aromatic N) is 3. The van der Waals surface area contributed by atoms with Gasteiger partial charge in [-0.2, -0.15) is 0 Å². The molecule has 0 aliphatic heterocycles. The second kappa shape index (κ2) is 6.14. The van der Waals surface area contributed by atoms with E-state index in [2.05, 4.69) is 27.3 Å². The van der Waals surface area contributed by atoms with Crippen LogP contribution in [0.5, 0.6) is 0 Å². The molecule has 0 amide bonds. The first kappa shape index (κ1) is 14.4. The van der Waals surface area contributed by atoms with Gasteiger partial charge in [0, 0.05) is 5.39 Å². The fourth-order valence-electron chi connectivity index (χ4n) is 2.24. The van der Waals surface area contributed by atoms with Gasteiger partial charge in [0.15, 0.2) is 0 Å². The van der Waals surface area contributed by atoms with E-state index in [9.17, 15) is 0 Å². The molecule has 0 saturated heterocycles. The number of fused-ring (bicyclic) bond motifs is 1. The first-order valence-electron chi connectivity index (χ1n) is 7.19. The molecule has 4 aromatic rings. The third kappa shape index (κ3) is 3.00. The number of pyridine rings is 1. The zero-order chi connectivity index (χ0) is 15.6. The monoisotopic (exact) mass is 339 g/mol. The minimum Gasteiger partial charge on any atom is -0.419 e. The minimum atomic E-state index is 0.0462. The number of para-hydroxylation sites is 1. The molecule has 6 heteroatoms. The molecule has 0 aliphatic carbocycles. The van der Waals surface area contributed by atoms with Crippen molar-refractivity contribution in [3.8, 4) is 10.8 Å². The quantitative estimate of drug-likeness (QED) is 0.478. The SMILES string of the molecule is CC(Sc1ccc2ccccc2n1)c1nnc(-c2cccs2)o1. The maximum Gasteiger partial charge on any atom is 0.257 e. The van der Waals surface area contributed by atoms with Crippen LogP contribution in [-0.2, 0) is 0 Å². The predicted octanol–water partition coefficient (Wildman–Crippen LogP) is 5.20. The third-order valence-electron chi connectivity index (χ3n) is 3.39. The summed E-state index contributed by atoms with van der Waals surface area (Å²) in [7, 11) is 0. The summed E-state index contributed by atoms with van der Waals surface area (Å²) < 4.78 is 5.79. The van der Waals surface area contributed by atoms with E-state index in [1.807, 2.05) is 48.7 Å². The van der Waals surface area contributed by atoms with Gasteiger partial charge in [0.05, 0.1) is 20.7 Å². The van der Waals surface area contributed by atoms with E-state index in [1.165, 1.54) is 0 Å². The summed E-state index contributed by atoms with van der Waals surface area (Å²) in [6, 6.07) is 16.2. The number of aromatic nitrogens is 3. The van der Waals surface area contributed by atoms with Crippen LogP contribution in [0.4, 0.5) is 0 Å². The highest BCUT2D eigenvalue weighted by atomic mass is 32.2. The van der Waals surface area contributed by atoms with Gasteiger partial charge in [-0.1, -0.05) is 42.1 Å². The van der Waals surface area contributed by atoms with Gasteiger partial charge in [0.1, 0.15) is 0 Å². The molecule has 0 aliphatic rings. The van der Waals surface area contributed by atoms with Crippen molar-refractivity contribution in [3.05, 3.63) is 59.8 Å². The van der Waals surface area contributed by atoms with Crippen molar-refractivity contribution in [2.45, 2.75) is 17.2 Å². The Morgan fingerprint density at radius 3 is 2.83 bits per heavy atom. The average Bonchev–Trinajstić information content (AvgIpc) is 3.26. The largest absolute Gasteiger partial charge is 0.419 e. The topological polar surface area (TPSA) is 51.8 Å². The highest BCUT2D eigenvalue weighted by molar-refractivity contribution is 7.99. The smallest absolute Gasteiger partial charge is 0.257 e. The van der Waals surface area contributed by atoms with E-state index >= 15 is 0 Å².